The zero-order chi connectivity index (χ0) is 18.9. The fraction of sp³-hybridized carbons (Fsp3) is 0.250. The minimum absolute atomic E-state index is 0.215. The molecule has 0 atom stereocenters. The minimum atomic E-state index is -0.575. The number of nitrogens with zero attached hydrogens (tertiary/aromatic N) is 1. The molecule has 0 bridgehead atoms. The topological polar surface area (TPSA) is 77.5 Å². The van der Waals surface area contributed by atoms with Crippen LogP contribution in [0.2, 0.25) is 0 Å². The Hall–Kier alpha value is -2.77. The summed E-state index contributed by atoms with van der Waals surface area (Å²) in [5.41, 5.74) is 2.05. The van der Waals surface area contributed by atoms with Crippen LogP contribution in [0.4, 0.5) is 0 Å². The molecule has 7 heteroatoms. The fourth-order valence-corrected chi connectivity index (χ4v) is 3.34. The molecule has 3 aromatic rings. The summed E-state index contributed by atoms with van der Waals surface area (Å²) in [6.07, 6.45) is 0.728. The third-order valence-electron chi connectivity index (χ3n) is 3.73. The van der Waals surface area contributed by atoms with Crippen molar-refractivity contribution in [2.24, 2.45) is 0 Å². The molecule has 0 radical (unpaired) electrons. The number of amides is 1. The lowest BCUT2D eigenvalue weighted by atomic mass is 10.1. The van der Waals surface area contributed by atoms with Gasteiger partial charge in [0, 0.05) is 6.54 Å². The Morgan fingerprint density at radius 1 is 1.00 bits per heavy atom. The molecule has 0 aliphatic rings. The van der Waals surface area contributed by atoms with Gasteiger partial charge in [-0.2, -0.15) is 0 Å². The van der Waals surface area contributed by atoms with E-state index in [1.807, 2.05) is 54.6 Å². The highest BCUT2D eigenvalue weighted by Gasteiger charge is 2.09. The Kier molecular flexibility index (Phi) is 6.90. The fourth-order valence-electron chi connectivity index (χ4n) is 2.43. The predicted molar refractivity (Wildman–Crippen MR) is 103 cm³/mol. The molecule has 0 saturated carbocycles. The van der Waals surface area contributed by atoms with E-state index < -0.39 is 5.97 Å². The second kappa shape index (κ2) is 9.80. The van der Waals surface area contributed by atoms with E-state index in [9.17, 15) is 9.59 Å². The van der Waals surface area contributed by atoms with Crippen molar-refractivity contribution in [3.8, 4) is 0 Å². The lowest BCUT2D eigenvalue weighted by Gasteiger charge is -2.07. The van der Waals surface area contributed by atoms with Gasteiger partial charge < -0.3 is 14.8 Å². The van der Waals surface area contributed by atoms with Crippen LogP contribution < -0.4 is 5.32 Å². The normalized spacial score (nSPS) is 10.7. The summed E-state index contributed by atoms with van der Waals surface area (Å²) in [6.45, 7) is 0.206. The average Bonchev–Trinajstić information content (AvgIpc) is 3.10. The van der Waals surface area contributed by atoms with E-state index in [2.05, 4.69) is 10.3 Å². The van der Waals surface area contributed by atoms with Gasteiger partial charge in [0.05, 0.1) is 16.8 Å². The molecule has 0 saturated heterocycles. The van der Waals surface area contributed by atoms with E-state index in [0.29, 0.717) is 6.54 Å². The van der Waals surface area contributed by atoms with Crippen LogP contribution >= 0.6 is 11.3 Å². The van der Waals surface area contributed by atoms with Gasteiger partial charge in [-0.05, 0) is 24.1 Å². The molecule has 3 rings (SSSR count). The number of fused-ring (bicyclic) bond motifs is 1. The zero-order valence-corrected chi connectivity index (χ0v) is 15.5. The number of carbonyl (C=O) groups excluding carboxylic acids is 2. The monoisotopic (exact) mass is 384 g/mol. The van der Waals surface area contributed by atoms with Gasteiger partial charge in [-0.1, -0.05) is 42.5 Å². The Bertz CT molecular complexity index is 862. The first-order valence-corrected chi connectivity index (χ1v) is 9.41. The van der Waals surface area contributed by atoms with Gasteiger partial charge in [-0.3, -0.25) is 4.79 Å². The number of carbonyl (C=O) groups is 2. The minimum Gasteiger partial charge on any atom is -0.454 e. The number of nitrogens with one attached hydrogen (secondary N) is 1. The molecular weight excluding hydrogens is 364 g/mol. The number of hydrogen-bond acceptors (Lipinski definition) is 6. The number of rotatable bonds is 9. The summed E-state index contributed by atoms with van der Waals surface area (Å²) in [5, 5.41) is 3.51. The van der Waals surface area contributed by atoms with Crippen molar-refractivity contribution < 1.29 is 19.1 Å². The maximum Gasteiger partial charge on any atom is 0.332 e. The van der Waals surface area contributed by atoms with E-state index in [4.69, 9.17) is 9.47 Å². The number of aromatic nitrogens is 1. The largest absolute Gasteiger partial charge is 0.454 e. The van der Waals surface area contributed by atoms with Gasteiger partial charge in [-0.25, -0.2) is 9.78 Å². The summed E-state index contributed by atoms with van der Waals surface area (Å²) in [5.74, 6) is -0.903. The Balaban J connectivity index is 1.29. The van der Waals surface area contributed by atoms with E-state index in [1.54, 1.807) is 0 Å². The molecule has 0 spiro atoms. The van der Waals surface area contributed by atoms with Crippen molar-refractivity contribution in [1.29, 1.82) is 0 Å². The number of hydrogen-bond donors (Lipinski definition) is 1. The summed E-state index contributed by atoms with van der Waals surface area (Å²) in [4.78, 5) is 27.8. The molecule has 0 aliphatic carbocycles. The quantitative estimate of drug-likeness (QED) is 0.574. The van der Waals surface area contributed by atoms with E-state index >= 15 is 0 Å². The van der Waals surface area contributed by atoms with Gasteiger partial charge in [0.15, 0.2) is 6.61 Å². The van der Waals surface area contributed by atoms with Gasteiger partial charge in [0.1, 0.15) is 11.6 Å². The number of ether oxygens (including phenoxy) is 2. The summed E-state index contributed by atoms with van der Waals surface area (Å²) in [6, 6.07) is 17.6. The highest BCUT2D eigenvalue weighted by Crippen LogP contribution is 2.21. The smallest absolute Gasteiger partial charge is 0.332 e. The molecule has 1 N–H and O–H groups in total. The summed E-state index contributed by atoms with van der Waals surface area (Å²) < 4.78 is 11.3. The molecule has 27 heavy (non-hydrogen) atoms. The van der Waals surface area contributed by atoms with Crippen molar-refractivity contribution in [1.82, 2.24) is 10.3 Å². The van der Waals surface area contributed by atoms with E-state index in [1.165, 1.54) is 11.3 Å². The molecule has 0 fully saturated rings. The lowest BCUT2D eigenvalue weighted by molar-refractivity contribution is -0.153. The SMILES string of the molecule is O=C(COC(=O)COCc1nc2ccccc2s1)NCCc1ccccc1. The first-order valence-electron chi connectivity index (χ1n) is 8.59. The zero-order valence-electron chi connectivity index (χ0n) is 14.7. The van der Waals surface area contributed by atoms with Crippen LogP contribution in [0, 0.1) is 0 Å². The molecule has 2 aromatic carbocycles. The van der Waals surface area contributed by atoms with Crippen LogP contribution in [-0.2, 0) is 32.1 Å². The third kappa shape index (κ3) is 6.16. The van der Waals surface area contributed by atoms with Crippen LogP contribution in [0.15, 0.2) is 54.6 Å². The Morgan fingerprint density at radius 2 is 1.78 bits per heavy atom. The standard InChI is InChI=1S/C20H20N2O4S/c23-18(21-11-10-15-6-2-1-3-7-15)12-26-20(24)14-25-13-19-22-16-8-4-5-9-17(16)27-19/h1-9H,10-14H2,(H,21,23). The van der Waals surface area contributed by atoms with Gasteiger partial charge in [-0.15, -0.1) is 11.3 Å². The first kappa shape index (κ1) is 19.0. The second-order valence-electron chi connectivity index (χ2n) is 5.81. The van der Waals surface area contributed by atoms with Crippen LogP contribution in [-0.4, -0.2) is 36.6 Å². The predicted octanol–water partition coefficient (Wildman–Crippen LogP) is 2.72. The van der Waals surface area contributed by atoms with Crippen molar-refractivity contribution in [2.45, 2.75) is 13.0 Å². The Morgan fingerprint density at radius 3 is 2.59 bits per heavy atom. The average molecular weight is 384 g/mol. The van der Waals surface area contributed by atoms with Crippen LogP contribution in [0.3, 0.4) is 0 Å². The molecule has 1 heterocycles. The molecule has 0 aliphatic heterocycles. The number of thiazole rings is 1. The Labute approximate surface area is 161 Å². The molecule has 6 nitrogen and oxygen atoms in total. The van der Waals surface area contributed by atoms with E-state index in [-0.39, 0.29) is 25.7 Å². The molecular formula is C20H20N2O4S. The molecule has 0 unspecified atom stereocenters. The molecule has 1 aromatic heterocycles. The van der Waals surface area contributed by atoms with Gasteiger partial charge in [0.2, 0.25) is 0 Å². The number of para-hydroxylation sites is 1. The molecule has 1 amide bonds. The summed E-state index contributed by atoms with van der Waals surface area (Å²) in [7, 11) is 0. The maximum atomic E-state index is 11.7. The molecule has 140 valence electrons. The third-order valence-corrected chi connectivity index (χ3v) is 4.74. The summed E-state index contributed by atoms with van der Waals surface area (Å²) >= 11 is 1.52. The van der Waals surface area contributed by atoms with E-state index in [0.717, 1.165) is 27.2 Å². The first-order chi connectivity index (χ1) is 13.2. The van der Waals surface area contributed by atoms with Crippen molar-refractivity contribution in [3.63, 3.8) is 0 Å². The second-order valence-corrected chi connectivity index (χ2v) is 6.93. The van der Waals surface area contributed by atoms with Gasteiger partial charge >= 0.3 is 5.97 Å². The van der Waals surface area contributed by atoms with Crippen LogP contribution in [0.1, 0.15) is 10.6 Å². The highest BCUT2D eigenvalue weighted by atomic mass is 32.1. The number of benzene rings is 2. The number of esters is 1. The maximum absolute atomic E-state index is 11.7. The van der Waals surface area contributed by atoms with Crippen LogP contribution in [0.5, 0.6) is 0 Å². The lowest BCUT2D eigenvalue weighted by Crippen LogP contribution is -2.31. The van der Waals surface area contributed by atoms with Crippen molar-refractivity contribution >= 4 is 33.4 Å². The highest BCUT2D eigenvalue weighted by molar-refractivity contribution is 7.18. The van der Waals surface area contributed by atoms with Crippen molar-refractivity contribution in [2.75, 3.05) is 19.8 Å². The van der Waals surface area contributed by atoms with Gasteiger partial charge in [0.25, 0.3) is 5.91 Å². The van der Waals surface area contributed by atoms with Crippen molar-refractivity contribution in [3.05, 3.63) is 65.2 Å². The van der Waals surface area contributed by atoms with Crippen LogP contribution in [0.25, 0.3) is 10.2 Å².